The molecular formula is C17H25N. The first kappa shape index (κ1) is 13.2. The zero-order valence-electron chi connectivity index (χ0n) is 12.2. The van der Waals surface area contributed by atoms with Crippen molar-refractivity contribution >= 4 is 10.9 Å². The minimum Gasteiger partial charge on any atom is -0.347 e. The van der Waals surface area contributed by atoms with E-state index in [0.717, 1.165) is 13.0 Å². The van der Waals surface area contributed by atoms with Gasteiger partial charge in [-0.25, -0.2) is 0 Å². The van der Waals surface area contributed by atoms with Crippen molar-refractivity contribution in [3.63, 3.8) is 0 Å². The predicted molar refractivity (Wildman–Crippen MR) is 80.0 cm³/mol. The minimum absolute atomic E-state index is 0.441. The number of para-hydroxylation sites is 1. The molecule has 0 saturated heterocycles. The molecule has 0 aliphatic heterocycles. The molecule has 1 heterocycles. The fraction of sp³-hybridized carbons (Fsp3) is 0.529. The van der Waals surface area contributed by atoms with Gasteiger partial charge in [-0.1, -0.05) is 45.9 Å². The molecule has 1 heteroatoms. The van der Waals surface area contributed by atoms with Crippen LogP contribution in [-0.4, -0.2) is 4.57 Å². The van der Waals surface area contributed by atoms with Gasteiger partial charge < -0.3 is 4.57 Å². The summed E-state index contributed by atoms with van der Waals surface area (Å²) in [6.07, 6.45) is 5.89. The first-order valence-corrected chi connectivity index (χ1v) is 7.08. The van der Waals surface area contributed by atoms with Gasteiger partial charge in [-0.05, 0) is 41.7 Å². The van der Waals surface area contributed by atoms with Crippen molar-refractivity contribution in [2.45, 2.75) is 53.5 Å². The number of rotatable bonds is 4. The summed E-state index contributed by atoms with van der Waals surface area (Å²) in [4.78, 5) is 0. The third-order valence-electron chi connectivity index (χ3n) is 3.58. The minimum atomic E-state index is 0.441. The van der Waals surface area contributed by atoms with Crippen LogP contribution in [0.15, 0.2) is 30.5 Å². The number of nitrogens with zero attached hydrogens (tertiary/aromatic N) is 1. The van der Waals surface area contributed by atoms with Gasteiger partial charge in [0.15, 0.2) is 0 Å². The molecule has 0 atom stereocenters. The Morgan fingerprint density at radius 2 is 1.89 bits per heavy atom. The van der Waals surface area contributed by atoms with E-state index in [9.17, 15) is 0 Å². The van der Waals surface area contributed by atoms with Crippen molar-refractivity contribution in [3.8, 4) is 0 Å². The lowest BCUT2D eigenvalue weighted by atomic mass is 9.90. The summed E-state index contributed by atoms with van der Waals surface area (Å²) in [6.45, 7) is 10.3. The van der Waals surface area contributed by atoms with Gasteiger partial charge in [0.25, 0.3) is 0 Å². The third kappa shape index (κ3) is 2.95. The Labute approximate surface area is 111 Å². The van der Waals surface area contributed by atoms with Crippen LogP contribution >= 0.6 is 0 Å². The maximum absolute atomic E-state index is 2.43. The van der Waals surface area contributed by atoms with E-state index in [0.29, 0.717) is 5.41 Å². The molecule has 0 unspecified atom stereocenters. The van der Waals surface area contributed by atoms with E-state index in [2.05, 4.69) is 62.7 Å². The largest absolute Gasteiger partial charge is 0.347 e. The van der Waals surface area contributed by atoms with Crippen LogP contribution < -0.4 is 0 Å². The van der Waals surface area contributed by atoms with Gasteiger partial charge >= 0.3 is 0 Å². The number of hydrogen-bond acceptors (Lipinski definition) is 0. The monoisotopic (exact) mass is 243 g/mol. The lowest BCUT2D eigenvalue weighted by Gasteiger charge is -2.18. The molecule has 0 bridgehead atoms. The van der Waals surface area contributed by atoms with E-state index in [4.69, 9.17) is 0 Å². The van der Waals surface area contributed by atoms with Crippen LogP contribution in [0.5, 0.6) is 0 Å². The Morgan fingerprint density at radius 1 is 1.11 bits per heavy atom. The summed E-state index contributed by atoms with van der Waals surface area (Å²) in [5.41, 5.74) is 3.35. The molecule has 0 N–H and O–H groups in total. The maximum atomic E-state index is 2.43. The highest BCUT2D eigenvalue weighted by molar-refractivity contribution is 5.83. The zero-order chi connectivity index (χ0) is 13.2. The number of hydrogen-bond donors (Lipinski definition) is 0. The molecule has 0 fully saturated rings. The molecule has 0 amide bonds. The van der Waals surface area contributed by atoms with Crippen LogP contribution in [0, 0.1) is 5.41 Å². The van der Waals surface area contributed by atoms with Gasteiger partial charge in [0.1, 0.15) is 0 Å². The number of aryl methyl sites for hydroxylation is 2. The van der Waals surface area contributed by atoms with E-state index >= 15 is 0 Å². The van der Waals surface area contributed by atoms with Crippen molar-refractivity contribution in [1.29, 1.82) is 0 Å². The summed E-state index contributed by atoms with van der Waals surface area (Å²) in [6, 6.07) is 8.88. The van der Waals surface area contributed by atoms with Gasteiger partial charge in [0, 0.05) is 12.7 Å². The Balaban J connectivity index is 2.18. The molecule has 0 aliphatic carbocycles. The number of aromatic nitrogens is 1. The van der Waals surface area contributed by atoms with Crippen LogP contribution in [-0.2, 0) is 13.0 Å². The van der Waals surface area contributed by atoms with Crippen molar-refractivity contribution in [1.82, 2.24) is 4.57 Å². The van der Waals surface area contributed by atoms with Gasteiger partial charge in [0.2, 0.25) is 0 Å². The lowest BCUT2D eigenvalue weighted by molar-refractivity contribution is 0.355. The molecular weight excluding hydrogens is 218 g/mol. The summed E-state index contributed by atoms with van der Waals surface area (Å²) in [7, 11) is 0. The van der Waals surface area contributed by atoms with Gasteiger partial charge in [0.05, 0.1) is 5.52 Å². The van der Waals surface area contributed by atoms with E-state index in [1.54, 1.807) is 0 Å². The summed E-state index contributed by atoms with van der Waals surface area (Å²) >= 11 is 0. The van der Waals surface area contributed by atoms with Crippen LogP contribution in [0.3, 0.4) is 0 Å². The highest BCUT2D eigenvalue weighted by Crippen LogP contribution is 2.24. The van der Waals surface area contributed by atoms with Crippen LogP contribution in [0.1, 0.15) is 46.1 Å². The number of benzene rings is 1. The Morgan fingerprint density at radius 3 is 2.56 bits per heavy atom. The Hall–Kier alpha value is -1.24. The smallest absolute Gasteiger partial charge is 0.0512 e. The van der Waals surface area contributed by atoms with E-state index in [-0.39, 0.29) is 0 Å². The zero-order valence-corrected chi connectivity index (χ0v) is 12.2. The standard InChI is InChI=1S/C17H25N/c1-5-14-8-6-9-15-10-13-18(16(14)15)12-7-11-17(2,3)4/h6,8-10,13H,5,7,11-12H2,1-4H3. The molecule has 2 aromatic rings. The quantitative estimate of drug-likeness (QED) is 0.709. The molecule has 0 spiro atoms. The normalized spacial score (nSPS) is 12.2. The topological polar surface area (TPSA) is 4.93 Å². The molecule has 98 valence electrons. The lowest BCUT2D eigenvalue weighted by Crippen LogP contribution is -2.07. The maximum Gasteiger partial charge on any atom is 0.0512 e. The Kier molecular flexibility index (Phi) is 3.79. The van der Waals surface area contributed by atoms with Gasteiger partial charge in [-0.15, -0.1) is 0 Å². The second-order valence-electron chi connectivity index (χ2n) is 6.38. The number of fused-ring (bicyclic) bond motifs is 1. The average molecular weight is 243 g/mol. The first-order valence-electron chi connectivity index (χ1n) is 7.08. The van der Waals surface area contributed by atoms with Gasteiger partial charge in [-0.2, -0.15) is 0 Å². The highest BCUT2D eigenvalue weighted by atomic mass is 14.9. The fourth-order valence-electron chi connectivity index (χ4n) is 2.59. The molecule has 18 heavy (non-hydrogen) atoms. The first-order chi connectivity index (χ1) is 8.51. The Bertz CT molecular complexity index is 514. The van der Waals surface area contributed by atoms with Crippen molar-refractivity contribution in [2.24, 2.45) is 5.41 Å². The van der Waals surface area contributed by atoms with Crippen molar-refractivity contribution in [2.75, 3.05) is 0 Å². The molecule has 2 rings (SSSR count). The molecule has 1 nitrogen and oxygen atoms in total. The fourth-order valence-corrected chi connectivity index (χ4v) is 2.59. The summed E-state index contributed by atoms with van der Waals surface area (Å²) < 4.78 is 2.43. The van der Waals surface area contributed by atoms with E-state index < -0.39 is 0 Å². The third-order valence-corrected chi connectivity index (χ3v) is 3.58. The van der Waals surface area contributed by atoms with Crippen molar-refractivity contribution in [3.05, 3.63) is 36.0 Å². The van der Waals surface area contributed by atoms with Gasteiger partial charge in [-0.3, -0.25) is 0 Å². The molecule has 0 aliphatic rings. The SMILES string of the molecule is CCc1cccc2ccn(CCCC(C)(C)C)c12. The second kappa shape index (κ2) is 5.17. The molecule has 1 aromatic carbocycles. The average Bonchev–Trinajstić information content (AvgIpc) is 2.71. The van der Waals surface area contributed by atoms with E-state index in [1.807, 2.05) is 0 Å². The molecule has 0 saturated carbocycles. The summed E-state index contributed by atoms with van der Waals surface area (Å²) in [5.74, 6) is 0. The van der Waals surface area contributed by atoms with Crippen LogP contribution in [0.4, 0.5) is 0 Å². The highest BCUT2D eigenvalue weighted by Gasteiger charge is 2.10. The van der Waals surface area contributed by atoms with Crippen LogP contribution in [0.2, 0.25) is 0 Å². The van der Waals surface area contributed by atoms with Crippen molar-refractivity contribution < 1.29 is 0 Å². The molecule has 0 radical (unpaired) electrons. The van der Waals surface area contributed by atoms with E-state index in [1.165, 1.54) is 29.3 Å². The predicted octanol–water partition coefficient (Wildman–Crippen LogP) is 5.03. The van der Waals surface area contributed by atoms with Crippen LogP contribution in [0.25, 0.3) is 10.9 Å². The molecule has 1 aromatic heterocycles. The summed E-state index contributed by atoms with van der Waals surface area (Å²) in [5, 5.41) is 1.38. The second-order valence-corrected chi connectivity index (χ2v) is 6.38.